The van der Waals surface area contributed by atoms with Gasteiger partial charge in [0.1, 0.15) is 0 Å². The fourth-order valence-corrected chi connectivity index (χ4v) is 3.31. The summed E-state index contributed by atoms with van der Waals surface area (Å²) >= 11 is 0. The Morgan fingerprint density at radius 2 is 1.57 bits per heavy atom. The monoisotopic (exact) mass is 246 g/mol. The summed E-state index contributed by atoms with van der Waals surface area (Å²) in [5.41, 5.74) is 0. The molecule has 0 saturated heterocycles. The largest absolute Gasteiger partial charge is 0.656 e. The molecule has 86 valence electrons. The van der Waals surface area contributed by atoms with E-state index in [2.05, 4.69) is 0 Å². The van der Waals surface area contributed by atoms with Crippen molar-refractivity contribution in [3.05, 3.63) is 0 Å². The van der Waals surface area contributed by atoms with Gasteiger partial charge in [0.25, 0.3) is 7.94 Å². The lowest BCUT2D eigenvalue weighted by Gasteiger charge is -2.38. The van der Waals surface area contributed by atoms with E-state index in [1.54, 1.807) is 19.0 Å². The van der Waals surface area contributed by atoms with Gasteiger partial charge in [0.15, 0.2) is 0 Å². The van der Waals surface area contributed by atoms with E-state index in [0.29, 0.717) is 0 Å². The highest BCUT2D eigenvalue weighted by Gasteiger charge is 2.44. The summed E-state index contributed by atoms with van der Waals surface area (Å²) in [7, 11) is -6.54. The van der Waals surface area contributed by atoms with Crippen LogP contribution in [0.5, 0.6) is 0 Å². The van der Waals surface area contributed by atoms with Crippen LogP contribution in [-0.4, -0.2) is 45.6 Å². The second kappa shape index (κ2) is 5.07. The molecule has 1 atom stereocenters. The molecule has 3 N–H and O–H groups in total. The molecule has 7 nitrogen and oxygen atoms in total. The maximum Gasteiger partial charge on any atom is 0.272 e. The Balaban J connectivity index is 4.44. The van der Waals surface area contributed by atoms with E-state index in [0.717, 1.165) is 0 Å². The van der Waals surface area contributed by atoms with Crippen LogP contribution in [0.4, 0.5) is 0 Å². The van der Waals surface area contributed by atoms with Crippen LogP contribution in [0.1, 0.15) is 6.42 Å². The van der Waals surface area contributed by atoms with Crippen molar-refractivity contribution >= 4 is 15.9 Å². The number of rotatable bonds is 5. The summed E-state index contributed by atoms with van der Waals surface area (Å²) < 4.78 is 0. The van der Waals surface area contributed by atoms with Gasteiger partial charge in [-0.3, -0.25) is 4.89 Å². The minimum atomic E-state index is -4.99. The minimum Gasteiger partial charge on any atom is -0.656 e. The van der Waals surface area contributed by atoms with Crippen LogP contribution in [0.3, 0.4) is 0 Å². The van der Waals surface area contributed by atoms with Gasteiger partial charge in [-0.25, -0.2) is 9.79 Å². The number of hydrogen-bond acceptors (Lipinski definition) is 7. The molecule has 0 spiro atoms. The van der Waals surface area contributed by atoms with Crippen LogP contribution in [0.15, 0.2) is 0 Å². The van der Waals surface area contributed by atoms with Gasteiger partial charge in [0, 0.05) is 13.0 Å². The maximum absolute atomic E-state index is 10.7. The molecule has 0 bridgehead atoms. The van der Waals surface area contributed by atoms with Crippen LogP contribution in [0.2, 0.25) is 0 Å². The van der Waals surface area contributed by atoms with E-state index in [1.807, 2.05) is 0 Å². The Hall–Kier alpha value is 0.580. The molecule has 0 aromatic rings. The Kier molecular flexibility index (Phi) is 5.28. The lowest BCUT2D eigenvalue weighted by atomic mass is 10.4. The van der Waals surface area contributed by atoms with Crippen molar-refractivity contribution in [2.75, 3.05) is 20.6 Å². The van der Waals surface area contributed by atoms with E-state index in [1.165, 1.54) is 0 Å². The molecule has 14 heavy (non-hydrogen) atoms. The van der Waals surface area contributed by atoms with Crippen LogP contribution in [0, 0.1) is 0 Å². The van der Waals surface area contributed by atoms with Crippen molar-refractivity contribution < 1.29 is 29.4 Å². The lowest BCUT2D eigenvalue weighted by Crippen LogP contribution is -2.38. The summed E-state index contributed by atoms with van der Waals surface area (Å²) in [4.78, 5) is 59.6. The van der Waals surface area contributed by atoms with Crippen molar-refractivity contribution in [2.24, 2.45) is 0 Å². The average molecular weight is 246 g/mol. The third kappa shape index (κ3) is 5.46. The zero-order valence-corrected chi connectivity index (χ0v) is 9.69. The van der Waals surface area contributed by atoms with Gasteiger partial charge in [-0.2, -0.15) is 0 Å². The third-order valence-corrected chi connectivity index (χ3v) is 5.42. The summed E-state index contributed by atoms with van der Waals surface area (Å²) in [5, 5.41) is -2.00. The molecule has 0 heterocycles. The molecule has 0 saturated carbocycles. The first-order valence-electron chi connectivity index (χ1n) is 3.78. The first kappa shape index (κ1) is 14.6. The third-order valence-electron chi connectivity index (χ3n) is 1.60. The molecule has 9 heteroatoms. The van der Waals surface area contributed by atoms with E-state index in [-0.39, 0.29) is 13.0 Å². The van der Waals surface area contributed by atoms with Gasteiger partial charge < -0.3 is 19.6 Å². The first-order chi connectivity index (χ1) is 6.05. The molecule has 0 amide bonds. The fraction of sp³-hybridized carbons (Fsp3) is 1.00. The van der Waals surface area contributed by atoms with E-state index < -0.39 is 21.3 Å². The van der Waals surface area contributed by atoms with E-state index in [4.69, 9.17) is 14.7 Å². The molecular weight excluding hydrogens is 232 g/mol. The Labute approximate surface area is 83.4 Å². The average Bonchev–Trinajstić information content (AvgIpc) is 1.78. The van der Waals surface area contributed by atoms with E-state index in [9.17, 15) is 14.7 Å². The molecular formula is C5H14NO6P2-. The second-order valence-electron chi connectivity index (χ2n) is 3.23. The molecule has 0 aliphatic rings. The van der Waals surface area contributed by atoms with Crippen molar-refractivity contribution in [2.45, 2.75) is 11.8 Å². The van der Waals surface area contributed by atoms with Crippen LogP contribution in [-0.2, 0) is 0 Å². The van der Waals surface area contributed by atoms with E-state index >= 15 is 0 Å². The fourth-order valence-electron chi connectivity index (χ4n) is 0.895. The Bertz CT molecular complexity index is 162. The quantitative estimate of drug-likeness (QED) is 0.436. The molecule has 0 radical (unpaired) electrons. The van der Waals surface area contributed by atoms with Gasteiger partial charge in [0.05, 0.1) is 7.94 Å². The molecule has 0 fully saturated rings. The van der Waals surface area contributed by atoms with Crippen LogP contribution in [0.25, 0.3) is 0 Å². The van der Waals surface area contributed by atoms with Crippen LogP contribution < -0.4 is 14.7 Å². The Morgan fingerprint density at radius 1 is 1.14 bits per heavy atom. The predicted octanol–water partition coefficient (Wildman–Crippen LogP) is -3.15. The molecule has 0 aliphatic heterocycles. The molecule has 0 aliphatic carbocycles. The van der Waals surface area contributed by atoms with Crippen molar-refractivity contribution in [1.29, 1.82) is 0 Å². The first-order valence-corrected chi connectivity index (χ1v) is 7.11. The normalized spacial score (nSPS) is 16.1. The summed E-state index contributed by atoms with van der Waals surface area (Å²) in [5.74, 6) is 0. The zero-order valence-electron chi connectivity index (χ0n) is 7.90. The standard InChI is InChI=1S/C5H15NO6P2/c1-6(2)4-3-5(13(7,8)9)14(10,11)12/h5H,3-4H2,1-2H3,(H2,7,8,9)(H2,10,11,12)/p-1. The van der Waals surface area contributed by atoms with Crippen molar-refractivity contribution in [3.8, 4) is 0 Å². The predicted molar refractivity (Wildman–Crippen MR) is 47.5 cm³/mol. The number of nitrogens with zero attached hydrogens (tertiary/aromatic N) is 1. The zero-order chi connectivity index (χ0) is 11.6. The van der Waals surface area contributed by atoms with Crippen LogP contribution >= 0.6 is 15.9 Å². The summed E-state index contributed by atoms with van der Waals surface area (Å²) in [6.07, 6.45) is -0.297. The number of hydrogen-bond donors (Lipinski definition) is 3. The molecule has 1 unspecified atom stereocenters. The van der Waals surface area contributed by atoms with Gasteiger partial charge >= 0.3 is 0 Å². The molecule has 0 rings (SSSR count). The topological polar surface area (TPSA) is 133 Å². The summed E-state index contributed by atoms with van der Waals surface area (Å²) in [6.45, 7) is 0.169. The Morgan fingerprint density at radius 3 is 1.79 bits per heavy atom. The van der Waals surface area contributed by atoms with Crippen molar-refractivity contribution in [1.82, 2.24) is 4.90 Å². The molecule has 0 aromatic heterocycles. The van der Waals surface area contributed by atoms with Gasteiger partial charge in [-0.15, -0.1) is 0 Å². The molecule has 0 aromatic carbocycles. The van der Waals surface area contributed by atoms with Gasteiger partial charge in [0.2, 0.25) is 5.40 Å². The van der Waals surface area contributed by atoms with Gasteiger partial charge in [-0.05, 0) is 14.1 Å². The highest BCUT2D eigenvalue weighted by Crippen LogP contribution is 2.63. The lowest BCUT2D eigenvalue weighted by molar-refractivity contribution is -0.334. The smallest absolute Gasteiger partial charge is 0.272 e. The highest BCUT2D eigenvalue weighted by molar-refractivity contribution is 7.75. The van der Waals surface area contributed by atoms with Gasteiger partial charge in [-0.1, -0.05) is 0 Å². The summed E-state index contributed by atoms with van der Waals surface area (Å²) in [6, 6.07) is 0. The maximum atomic E-state index is 10.7. The second-order valence-corrected chi connectivity index (χ2v) is 7.19. The minimum absolute atomic E-state index is 0.169. The highest BCUT2D eigenvalue weighted by atomic mass is 31.3. The SMILES string of the molecule is CN(C)CCC([P+]([O-])([O-])O)[P+]([O-])(O)O. The van der Waals surface area contributed by atoms with Crippen molar-refractivity contribution in [3.63, 3.8) is 0 Å².